The predicted molar refractivity (Wildman–Crippen MR) is 142 cm³/mol. The summed E-state index contributed by atoms with van der Waals surface area (Å²) < 4.78 is 45.4. The first-order valence-electron chi connectivity index (χ1n) is 13.5. The van der Waals surface area contributed by atoms with Crippen LogP contribution in [0.1, 0.15) is 43.7 Å². The second-order valence-electron chi connectivity index (χ2n) is 10.8. The fourth-order valence-corrected chi connectivity index (χ4v) is 6.03. The second kappa shape index (κ2) is 10.7. The zero-order valence-corrected chi connectivity index (χ0v) is 22.3. The molecule has 2 aromatic carbocycles. The maximum atomic E-state index is 13.8. The molecule has 1 spiro atoms. The number of carbonyl (C=O) groups is 2. The smallest absolute Gasteiger partial charge is 0.416 e. The van der Waals surface area contributed by atoms with E-state index in [2.05, 4.69) is 24.0 Å². The number of piperazine rings is 1. The van der Waals surface area contributed by atoms with Crippen molar-refractivity contribution < 1.29 is 27.5 Å². The monoisotopic (exact) mass is 541 g/mol. The van der Waals surface area contributed by atoms with Crippen LogP contribution in [0.3, 0.4) is 0 Å². The SMILES string of the molecule is CC1=C(C(=O)N2CCN(c3cccc(C(F)(F)F)c3)CC2)C2(CCN(CC(C)c3ccccc3)CC2)OC1=O. The van der Waals surface area contributed by atoms with Gasteiger partial charge in [-0.15, -0.1) is 0 Å². The number of benzene rings is 2. The fraction of sp³-hybridized carbons (Fsp3) is 0.467. The average Bonchev–Trinajstić information content (AvgIpc) is 3.18. The first kappa shape index (κ1) is 27.2. The van der Waals surface area contributed by atoms with Crippen LogP contribution >= 0.6 is 0 Å². The lowest BCUT2D eigenvalue weighted by atomic mass is 9.82. The number of ether oxygens (including phenoxy) is 1. The third-order valence-corrected chi connectivity index (χ3v) is 8.31. The summed E-state index contributed by atoms with van der Waals surface area (Å²) in [6.07, 6.45) is -3.29. The minimum Gasteiger partial charge on any atom is -0.450 e. The molecule has 208 valence electrons. The number of nitrogens with zero attached hydrogens (tertiary/aromatic N) is 3. The molecule has 0 aromatic heterocycles. The molecule has 3 aliphatic rings. The molecule has 39 heavy (non-hydrogen) atoms. The highest BCUT2D eigenvalue weighted by molar-refractivity contribution is 6.07. The first-order valence-corrected chi connectivity index (χ1v) is 13.5. The van der Waals surface area contributed by atoms with Crippen LogP contribution in [-0.2, 0) is 20.5 Å². The van der Waals surface area contributed by atoms with Gasteiger partial charge in [0.2, 0.25) is 0 Å². The average molecular weight is 542 g/mol. The minimum absolute atomic E-state index is 0.201. The molecule has 0 radical (unpaired) electrons. The largest absolute Gasteiger partial charge is 0.450 e. The molecule has 9 heteroatoms. The Labute approximate surface area is 227 Å². The van der Waals surface area contributed by atoms with Crippen molar-refractivity contribution in [2.75, 3.05) is 50.7 Å². The van der Waals surface area contributed by atoms with E-state index < -0.39 is 23.3 Å². The number of esters is 1. The van der Waals surface area contributed by atoms with Gasteiger partial charge in [0.05, 0.1) is 11.1 Å². The Kier molecular flexibility index (Phi) is 7.46. The molecule has 1 unspecified atom stereocenters. The molecule has 2 saturated heterocycles. The summed E-state index contributed by atoms with van der Waals surface area (Å²) in [4.78, 5) is 32.4. The van der Waals surface area contributed by atoms with Crippen LogP contribution in [-0.4, -0.2) is 73.1 Å². The third-order valence-electron chi connectivity index (χ3n) is 8.31. The van der Waals surface area contributed by atoms with Crippen LogP contribution < -0.4 is 4.90 Å². The van der Waals surface area contributed by atoms with Gasteiger partial charge in [-0.05, 0) is 36.6 Å². The van der Waals surface area contributed by atoms with Gasteiger partial charge >= 0.3 is 12.1 Å². The van der Waals surface area contributed by atoms with Gasteiger partial charge in [0.1, 0.15) is 5.60 Å². The molecule has 1 amide bonds. The van der Waals surface area contributed by atoms with Crippen LogP contribution in [0.4, 0.5) is 18.9 Å². The van der Waals surface area contributed by atoms with E-state index in [0.717, 1.165) is 31.8 Å². The Hall–Kier alpha value is -3.33. The quantitative estimate of drug-likeness (QED) is 0.506. The van der Waals surface area contributed by atoms with Crippen LogP contribution in [0.15, 0.2) is 65.7 Å². The lowest BCUT2D eigenvalue weighted by molar-refractivity contribution is -0.151. The third kappa shape index (κ3) is 5.55. The summed E-state index contributed by atoms with van der Waals surface area (Å²) in [6.45, 7) is 7.72. The van der Waals surface area contributed by atoms with Gasteiger partial charge in [-0.25, -0.2) is 4.79 Å². The minimum atomic E-state index is -4.41. The Balaban J connectivity index is 1.23. The molecule has 0 bridgehead atoms. The van der Waals surface area contributed by atoms with Crippen molar-refractivity contribution in [1.29, 1.82) is 0 Å². The predicted octanol–water partition coefficient (Wildman–Crippen LogP) is 4.87. The molecule has 0 saturated carbocycles. The number of likely N-dealkylation sites (tertiary alicyclic amines) is 1. The number of piperidine rings is 1. The molecule has 3 aliphatic heterocycles. The molecule has 6 nitrogen and oxygen atoms in total. The van der Waals surface area contributed by atoms with Gasteiger partial charge in [-0.2, -0.15) is 13.2 Å². The first-order chi connectivity index (χ1) is 18.6. The standard InChI is InChI=1S/C30H34F3N3O3/c1-21(23-7-4-3-5-8-23)20-34-13-11-29(12-14-34)26(22(2)28(38)39-29)27(37)36-17-15-35(16-18-36)25-10-6-9-24(19-25)30(31,32)33/h3-10,19,21H,11-18,20H2,1-2H3. The van der Waals surface area contributed by atoms with Crippen molar-refractivity contribution in [2.45, 2.75) is 44.4 Å². The molecule has 1 atom stereocenters. The van der Waals surface area contributed by atoms with Crippen molar-refractivity contribution in [2.24, 2.45) is 0 Å². The lowest BCUT2D eigenvalue weighted by Gasteiger charge is -2.42. The highest BCUT2D eigenvalue weighted by Gasteiger charge is 2.51. The van der Waals surface area contributed by atoms with E-state index in [4.69, 9.17) is 4.74 Å². The Morgan fingerprint density at radius 3 is 2.28 bits per heavy atom. The van der Waals surface area contributed by atoms with E-state index in [-0.39, 0.29) is 5.91 Å². The van der Waals surface area contributed by atoms with Crippen molar-refractivity contribution in [3.8, 4) is 0 Å². The van der Waals surface area contributed by atoms with Gasteiger partial charge < -0.3 is 19.4 Å². The second-order valence-corrected chi connectivity index (χ2v) is 10.8. The summed E-state index contributed by atoms with van der Waals surface area (Å²) in [7, 11) is 0. The number of rotatable bonds is 5. The van der Waals surface area contributed by atoms with Crippen molar-refractivity contribution >= 4 is 17.6 Å². The van der Waals surface area contributed by atoms with E-state index in [1.54, 1.807) is 17.9 Å². The van der Waals surface area contributed by atoms with E-state index in [9.17, 15) is 22.8 Å². The van der Waals surface area contributed by atoms with Gasteiger partial charge in [-0.1, -0.05) is 43.3 Å². The normalized spacial score (nSPS) is 20.9. The molecule has 2 aromatic rings. The molecule has 3 heterocycles. The highest BCUT2D eigenvalue weighted by atomic mass is 19.4. The number of hydrogen-bond donors (Lipinski definition) is 0. The van der Waals surface area contributed by atoms with Crippen LogP contribution in [0, 0.1) is 0 Å². The van der Waals surface area contributed by atoms with Crippen molar-refractivity contribution in [3.05, 3.63) is 76.9 Å². The van der Waals surface area contributed by atoms with Gasteiger partial charge in [0, 0.05) is 69.9 Å². The summed E-state index contributed by atoms with van der Waals surface area (Å²) >= 11 is 0. The van der Waals surface area contributed by atoms with E-state index in [1.807, 2.05) is 23.1 Å². The Morgan fingerprint density at radius 1 is 0.974 bits per heavy atom. The Bertz CT molecular complexity index is 1240. The number of amides is 1. The number of alkyl halides is 3. The van der Waals surface area contributed by atoms with Gasteiger partial charge in [0.15, 0.2) is 0 Å². The van der Waals surface area contributed by atoms with Crippen LogP contribution in [0.25, 0.3) is 0 Å². The number of carbonyl (C=O) groups excluding carboxylic acids is 2. The number of halogens is 3. The molecule has 0 aliphatic carbocycles. The molecule has 0 N–H and O–H groups in total. The summed E-state index contributed by atoms with van der Waals surface area (Å²) in [5, 5.41) is 0. The van der Waals surface area contributed by atoms with Crippen molar-refractivity contribution in [1.82, 2.24) is 9.80 Å². The zero-order valence-electron chi connectivity index (χ0n) is 22.3. The summed E-state index contributed by atoms with van der Waals surface area (Å²) in [5.41, 5.74) is 0.985. The highest BCUT2D eigenvalue weighted by Crippen LogP contribution is 2.42. The van der Waals surface area contributed by atoms with E-state index in [0.29, 0.717) is 61.8 Å². The number of hydrogen-bond acceptors (Lipinski definition) is 5. The maximum absolute atomic E-state index is 13.8. The Morgan fingerprint density at radius 2 is 1.64 bits per heavy atom. The van der Waals surface area contributed by atoms with Crippen LogP contribution in [0.5, 0.6) is 0 Å². The van der Waals surface area contributed by atoms with E-state index >= 15 is 0 Å². The van der Waals surface area contributed by atoms with Crippen LogP contribution in [0.2, 0.25) is 0 Å². The fourth-order valence-electron chi connectivity index (χ4n) is 6.03. The maximum Gasteiger partial charge on any atom is 0.416 e. The van der Waals surface area contributed by atoms with Gasteiger partial charge in [-0.3, -0.25) is 4.79 Å². The zero-order chi connectivity index (χ0) is 27.8. The summed E-state index contributed by atoms with van der Waals surface area (Å²) in [6, 6.07) is 15.6. The summed E-state index contributed by atoms with van der Waals surface area (Å²) in [5.74, 6) is -0.280. The lowest BCUT2D eigenvalue weighted by Crippen LogP contribution is -2.53. The molecular weight excluding hydrogens is 507 g/mol. The topological polar surface area (TPSA) is 53.1 Å². The van der Waals surface area contributed by atoms with Gasteiger partial charge in [0.25, 0.3) is 5.91 Å². The molecule has 2 fully saturated rings. The van der Waals surface area contributed by atoms with E-state index in [1.165, 1.54) is 11.6 Å². The molecule has 5 rings (SSSR count). The molecular formula is C30H34F3N3O3. The van der Waals surface area contributed by atoms with Crippen molar-refractivity contribution in [3.63, 3.8) is 0 Å². The number of anilines is 1.